The lowest BCUT2D eigenvalue weighted by molar-refractivity contribution is -0.155. The number of fused-ring (bicyclic) bond motifs is 6. The average Bonchev–Trinajstić information content (AvgIpc) is 4.15. The molecule has 58 heavy (non-hydrogen) atoms. The number of esters is 1. The topological polar surface area (TPSA) is 162 Å². The van der Waals surface area contributed by atoms with Crippen LogP contribution in [0.5, 0.6) is 11.6 Å². The summed E-state index contributed by atoms with van der Waals surface area (Å²) in [5.41, 5.74) is -0.274. The number of amides is 2. The second-order valence-electron chi connectivity index (χ2n) is 18.6. The van der Waals surface area contributed by atoms with Crippen LogP contribution >= 0.6 is 0 Å². The third-order valence-electron chi connectivity index (χ3n) is 14.3. The van der Waals surface area contributed by atoms with E-state index in [-0.39, 0.29) is 67.3 Å². The molecule has 9 rings (SSSR count). The summed E-state index contributed by atoms with van der Waals surface area (Å²) in [6.45, 7) is 5.55. The highest BCUT2D eigenvalue weighted by atomic mass is 32.2. The number of rotatable bonds is 8. The van der Waals surface area contributed by atoms with Gasteiger partial charge in [-0.1, -0.05) is 26.0 Å². The highest BCUT2D eigenvalue weighted by Gasteiger charge is 2.62. The van der Waals surface area contributed by atoms with Gasteiger partial charge in [-0.15, -0.1) is 0 Å². The molecule has 2 aromatic rings. The number of Topliss-reactive ketones (excluding diaryl/α,β-unsaturated/α-hetero) is 1. The van der Waals surface area contributed by atoms with Gasteiger partial charge in [0.25, 0.3) is 0 Å². The quantitative estimate of drug-likeness (QED) is 0.270. The van der Waals surface area contributed by atoms with E-state index in [1.54, 1.807) is 11.1 Å². The molecule has 0 radical (unpaired) electrons. The van der Waals surface area contributed by atoms with Gasteiger partial charge in [0.15, 0.2) is 11.5 Å². The standard InChI is InChI=1S/C44H56N4O9S/c1-25-6-4-5-7-29-22-44(29,43(52)46-58(53,54)32-8-9-32)23-38(49)37-20-31(57-41-34-10-11-36-40(33(34)12-13-45-41)55-15-14-47(36)3)24-48(37)42(51)35(26(2)16-25)21-39(50)56-30-18-27-17-28(27)19-30/h5,7,10-13,25-32,35,37H,4,6,8-9,14-24H2,1-3H3,(H,46,52)/b7-5-/t25-,26-,27-,28+,29-,30?,31-,35+,37+,44-/m1/s1. The highest BCUT2D eigenvalue weighted by molar-refractivity contribution is 7.90. The fraction of sp³-hybridized carbons (Fsp3) is 0.659. The number of hydrogen-bond donors (Lipinski definition) is 1. The summed E-state index contributed by atoms with van der Waals surface area (Å²) in [5, 5.41) is 0.995. The van der Waals surface area contributed by atoms with E-state index in [0.29, 0.717) is 50.0 Å². The molecule has 312 valence electrons. The molecule has 1 aromatic carbocycles. The van der Waals surface area contributed by atoms with Crippen molar-refractivity contribution in [3.05, 3.63) is 36.5 Å². The lowest BCUT2D eigenvalue weighted by Gasteiger charge is -2.32. The van der Waals surface area contributed by atoms with Crippen molar-refractivity contribution < 1.29 is 41.8 Å². The first kappa shape index (κ1) is 39.3. The number of pyridine rings is 1. The number of sulfonamides is 1. The van der Waals surface area contributed by atoms with Crippen LogP contribution in [0.15, 0.2) is 36.5 Å². The maximum Gasteiger partial charge on any atom is 0.306 e. The van der Waals surface area contributed by atoms with E-state index in [9.17, 15) is 22.8 Å². The highest BCUT2D eigenvalue weighted by Crippen LogP contribution is 2.57. The van der Waals surface area contributed by atoms with Crippen LogP contribution in [0.25, 0.3) is 10.8 Å². The van der Waals surface area contributed by atoms with Crippen LogP contribution in [0, 0.1) is 40.9 Å². The van der Waals surface area contributed by atoms with E-state index in [0.717, 1.165) is 54.4 Å². The minimum Gasteiger partial charge on any atom is -0.489 e. The molecule has 0 bridgehead atoms. The van der Waals surface area contributed by atoms with Crippen molar-refractivity contribution in [3.63, 3.8) is 0 Å². The van der Waals surface area contributed by atoms with Gasteiger partial charge in [-0.25, -0.2) is 13.4 Å². The second kappa shape index (κ2) is 15.1. The summed E-state index contributed by atoms with van der Waals surface area (Å²) in [4.78, 5) is 65.6. The summed E-state index contributed by atoms with van der Waals surface area (Å²) >= 11 is 0. The van der Waals surface area contributed by atoms with E-state index < -0.39 is 44.7 Å². The molecule has 3 aliphatic heterocycles. The molecule has 7 aliphatic rings. The molecular weight excluding hydrogens is 761 g/mol. The first-order valence-electron chi connectivity index (χ1n) is 21.5. The van der Waals surface area contributed by atoms with Gasteiger partial charge >= 0.3 is 5.97 Å². The smallest absolute Gasteiger partial charge is 0.306 e. The van der Waals surface area contributed by atoms with Crippen LogP contribution in [-0.2, 0) is 33.9 Å². The number of ketones is 1. The third kappa shape index (κ3) is 7.70. The monoisotopic (exact) mass is 816 g/mol. The van der Waals surface area contributed by atoms with Gasteiger partial charge in [0.05, 0.1) is 47.8 Å². The number of carbonyl (C=O) groups excluding carboxylic acids is 4. The molecule has 14 heteroatoms. The van der Waals surface area contributed by atoms with Gasteiger partial charge in [-0.3, -0.25) is 23.9 Å². The zero-order valence-corrected chi connectivity index (χ0v) is 34.6. The Hall–Kier alpha value is -4.20. The number of allylic oxidation sites excluding steroid dienone is 2. The Morgan fingerprint density at radius 3 is 2.57 bits per heavy atom. The van der Waals surface area contributed by atoms with Crippen LogP contribution in [0.3, 0.4) is 0 Å². The number of likely N-dealkylation sites (N-methyl/N-ethyl adjacent to an activating group) is 1. The molecule has 4 aliphatic carbocycles. The molecule has 1 aromatic heterocycles. The van der Waals surface area contributed by atoms with Gasteiger partial charge < -0.3 is 24.0 Å². The average molecular weight is 817 g/mol. The molecule has 4 saturated carbocycles. The minimum absolute atomic E-state index is 0.0792. The summed E-state index contributed by atoms with van der Waals surface area (Å²) in [7, 11) is -1.83. The van der Waals surface area contributed by atoms with Crippen molar-refractivity contribution in [1.82, 2.24) is 14.6 Å². The van der Waals surface area contributed by atoms with Crippen molar-refractivity contribution in [2.75, 3.05) is 31.6 Å². The van der Waals surface area contributed by atoms with Crippen LogP contribution in [0.4, 0.5) is 5.69 Å². The Labute approximate surface area is 340 Å². The molecule has 4 heterocycles. The number of carbonyl (C=O) groups is 4. The first-order valence-corrected chi connectivity index (χ1v) is 23.0. The van der Waals surface area contributed by atoms with Gasteiger partial charge in [0, 0.05) is 36.9 Å². The van der Waals surface area contributed by atoms with Crippen LogP contribution in [-0.4, -0.2) is 92.1 Å². The van der Waals surface area contributed by atoms with Gasteiger partial charge in [0.1, 0.15) is 18.8 Å². The Morgan fingerprint density at radius 1 is 1.00 bits per heavy atom. The molecular formula is C44H56N4O9S. The summed E-state index contributed by atoms with van der Waals surface area (Å²) in [5.74, 6) is -0.275. The Morgan fingerprint density at radius 2 is 1.79 bits per heavy atom. The number of nitrogens with one attached hydrogen (secondary N) is 1. The number of aromatic nitrogens is 1. The number of hydrogen-bond acceptors (Lipinski definition) is 11. The zero-order chi connectivity index (χ0) is 40.5. The number of anilines is 1. The Kier molecular flexibility index (Phi) is 10.2. The molecule has 0 spiro atoms. The van der Waals surface area contributed by atoms with Crippen LogP contribution in [0.2, 0.25) is 0 Å². The van der Waals surface area contributed by atoms with Crippen molar-refractivity contribution in [1.29, 1.82) is 0 Å². The summed E-state index contributed by atoms with van der Waals surface area (Å²) < 4.78 is 47.0. The first-order chi connectivity index (χ1) is 27.8. The SMILES string of the molecule is C[C@@H]1CC/C=C\[C@@H]2C[C@@]2(C(=O)NS(=O)(=O)C2CC2)CC(=O)[C@@H]2C[C@@H](Oc3nccc4c5c(ccc34)N(C)CCO5)CN2C(=O)[C@@H](CC(=O)OC2C[C@@H]3C[C@@H]3C2)[C@H](C)C1. The Balaban J connectivity index is 1.02. The molecule has 1 N–H and O–H groups in total. The Bertz CT molecular complexity index is 2130. The maximum absolute atomic E-state index is 15.0. The van der Waals surface area contributed by atoms with Gasteiger partial charge in [0.2, 0.25) is 27.7 Å². The van der Waals surface area contributed by atoms with Crippen molar-refractivity contribution in [3.8, 4) is 11.6 Å². The molecule has 10 atom stereocenters. The molecule has 1 unspecified atom stereocenters. The lowest BCUT2D eigenvalue weighted by atomic mass is 9.82. The van der Waals surface area contributed by atoms with Crippen LogP contribution < -0.4 is 19.1 Å². The molecule has 13 nitrogen and oxygen atoms in total. The van der Waals surface area contributed by atoms with E-state index in [4.69, 9.17) is 14.2 Å². The van der Waals surface area contributed by atoms with E-state index >= 15 is 4.79 Å². The number of ether oxygens (including phenoxy) is 3. The minimum atomic E-state index is -3.85. The van der Waals surface area contributed by atoms with E-state index in [2.05, 4.69) is 21.5 Å². The number of benzene rings is 1. The fourth-order valence-corrected chi connectivity index (χ4v) is 11.8. The summed E-state index contributed by atoms with van der Waals surface area (Å²) in [6.07, 6.45) is 11.4. The van der Waals surface area contributed by atoms with Crippen molar-refractivity contribution in [2.24, 2.45) is 40.9 Å². The molecule has 1 saturated heterocycles. The fourth-order valence-electron chi connectivity index (χ4n) is 10.5. The van der Waals surface area contributed by atoms with E-state index in [1.165, 1.54) is 6.42 Å². The largest absolute Gasteiger partial charge is 0.489 e. The molecule has 2 amide bonds. The van der Waals surface area contributed by atoms with Crippen LogP contribution in [0.1, 0.15) is 90.9 Å². The van der Waals surface area contributed by atoms with Crippen molar-refractivity contribution >= 4 is 50.1 Å². The van der Waals surface area contributed by atoms with Gasteiger partial charge in [-0.2, -0.15) is 0 Å². The maximum atomic E-state index is 15.0. The third-order valence-corrected chi connectivity index (χ3v) is 16.1. The predicted molar refractivity (Wildman–Crippen MR) is 215 cm³/mol. The second-order valence-corrected chi connectivity index (χ2v) is 20.6. The van der Waals surface area contributed by atoms with E-state index in [1.807, 2.05) is 44.3 Å². The number of nitrogens with zero attached hydrogens (tertiary/aromatic N) is 3. The lowest BCUT2D eigenvalue weighted by Crippen LogP contribution is -2.47. The zero-order valence-electron chi connectivity index (χ0n) is 33.8. The van der Waals surface area contributed by atoms with Crippen molar-refractivity contribution in [2.45, 2.75) is 114 Å². The van der Waals surface area contributed by atoms with Gasteiger partial charge in [-0.05, 0) is 106 Å². The predicted octanol–water partition coefficient (Wildman–Crippen LogP) is 5.35. The normalized spacial score (nSPS) is 35.3. The summed E-state index contributed by atoms with van der Waals surface area (Å²) in [6, 6.07) is 4.86. The molecule has 5 fully saturated rings.